The van der Waals surface area contributed by atoms with Gasteiger partial charge >= 0.3 is 5.97 Å². The van der Waals surface area contributed by atoms with Crippen LogP contribution in [0.15, 0.2) is 24.3 Å². The highest BCUT2D eigenvalue weighted by atomic mass is 19.1. The number of primary amides is 1. The van der Waals surface area contributed by atoms with Gasteiger partial charge in [0.15, 0.2) is 6.10 Å². The zero-order valence-corrected chi connectivity index (χ0v) is 8.07. The van der Waals surface area contributed by atoms with Gasteiger partial charge in [-0.25, -0.2) is 9.18 Å². The molecule has 0 aliphatic carbocycles. The molecule has 0 aromatic heterocycles. The van der Waals surface area contributed by atoms with Crippen molar-refractivity contribution in [3.05, 3.63) is 35.6 Å². The minimum atomic E-state index is -1.07. The highest BCUT2D eigenvalue weighted by molar-refractivity contribution is 5.92. The summed E-state index contributed by atoms with van der Waals surface area (Å²) in [4.78, 5) is 21.9. The maximum absolute atomic E-state index is 13.1. The SMILES string of the molecule is C[C@@H](OC(=O)c1ccccc1F)C(N)=O. The summed E-state index contributed by atoms with van der Waals surface area (Å²) in [7, 11) is 0. The van der Waals surface area contributed by atoms with E-state index in [0.29, 0.717) is 0 Å². The van der Waals surface area contributed by atoms with Crippen molar-refractivity contribution < 1.29 is 18.7 Å². The Morgan fingerprint density at radius 1 is 1.40 bits per heavy atom. The summed E-state index contributed by atoms with van der Waals surface area (Å²) in [6.45, 7) is 1.32. The smallest absolute Gasteiger partial charge is 0.341 e. The van der Waals surface area contributed by atoms with Crippen LogP contribution in [0.3, 0.4) is 0 Å². The number of hydrogen-bond acceptors (Lipinski definition) is 3. The van der Waals surface area contributed by atoms with Crippen LogP contribution in [-0.4, -0.2) is 18.0 Å². The lowest BCUT2D eigenvalue weighted by Gasteiger charge is -2.09. The number of esters is 1. The average Bonchev–Trinajstić information content (AvgIpc) is 2.18. The van der Waals surface area contributed by atoms with Gasteiger partial charge < -0.3 is 10.5 Å². The van der Waals surface area contributed by atoms with E-state index in [1.165, 1.54) is 25.1 Å². The van der Waals surface area contributed by atoms with Gasteiger partial charge in [0.1, 0.15) is 5.82 Å². The summed E-state index contributed by atoms with van der Waals surface area (Å²) < 4.78 is 17.7. The number of benzene rings is 1. The molecule has 15 heavy (non-hydrogen) atoms. The van der Waals surface area contributed by atoms with Crippen LogP contribution in [0, 0.1) is 5.82 Å². The van der Waals surface area contributed by atoms with Crippen LogP contribution in [0.1, 0.15) is 17.3 Å². The second-order valence-corrected chi connectivity index (χ2v) is 2.93. The van der Waals surface area contributed by atoms with E-state index in [2.05, 4.69) is 4.74 Å². The molecular weight excluding hydrogens is 201 g/mol. The molecule has 1 aromatic rings. The van der Waals surface area contributed by atoms with E-state index >= 15 is 0 Å². The van der Waals surface area contributed by atoms with Gasteiger partial charge in [-0.3, -0.25) is 4.79 Å². The van der Waals surface area contributed by atoms with Crippen molar-refractivity contribution >= 4 is 11.9 Å². The predicted molar refractivity (Wildman–Crippen MR) is 50.5 cm³/mol. The Hall–Kier alpha value is -1.91. The van der Waals surface area contributed by atoms with E-state index < -0.39 is 23.8 Å². The predicted octanol–water partition coefficient (Wildman–Crippen LogP) is 0.856. The zero-order chi connectivity index (χ0) is 11.4. The molecule has 0 aliphatic heterocycles. The molecule has 1 amide bonds. The van der Waals surface area contributed by atoms with Gasteiger partial charge in [-0.2, -0.15) is 0 Å². The Bertz CT molecular complexity index is 392. The number of halogens is 1. The van der Waals surface area contributed by atoms with Crippen LogP contribution in [0.2, 0.25) is 0 Å². The molecule has 1 rings (SSSR count). The molecule has 0 unspecified atom stereocenters. The summed E-state index contributed by atoms with van der Waals surface area (Å²) in [5.74, 6) is -2.38. The summed E-state index contributed by atoms with van der Waals surface area (Å²) >= 11 is 0. The molecule has 0 saturated carbocycles. The third-order valence-corrected chi connectivity index (χ3v) is 1.78. The van der Waals surface area contributed by atoms with E-state index in [0.717, 1.165) is 6.07 Å². The molecule has 5 heteroatoms. The first-order chi connectivity index (χ1) is 7.02. The molecule has 0 bridgehead atoms. The van der Waals surface area contributed by atoms with E-state index in [1.54, 1.807) is 0 Å². The van der Waals surface area contributed by atoms with Crippen LogP contribution in [-0.2, 0) is 9.53 Å². The maximum Gasteiger partial charge on any atom is 0.341 e. The average molecular weight is 211 g/mol. The molecular formula is C10H10FNO3. The maximum atomic E-state index is 13.1. The number of rotatable bonds is 3. The molecule has 0 aliphatic rings. The van der Waals surface area contributed by atoms with E-state index in [9.17, 15) is 14.0 Å². The largest absolute Gasteiger partial charge is 0.449 e. The third kappa shape index (κ3) is 2.77. The lowest BCUT2D eigenvalue weighted by molar-refractivity contribution is -0.125. The van der Waals surface area contributed by atoms with Gasteiger partial charge in [0.25, 0.3) is 5.91 Å². The lowest BCUT2D eigenvalue weighted by atomic mass is 10.2. The molecule has 4 nitrogen and oxygen atoms in total. The van der Waals surface area contributed by atoms with E-state index in [1.807, 2.05) is 0 Å². The Morgan fingerprint density at radius 3 is 2.53 bits per heavy atom. The van der Waals surface area contributed by atoms with Crippen molar-refractivity contribution in [2.45, 2.75) is 13.0 Å². The van der Waals surface area contributed by atoms with Crippen molar-refractivity contribution in [3.63, 3.8) is 0 Å². The van der Waals surface area contributed by atoms with Crippen molar-refractivity contribution in [2.75, 3.05) is 0 Å². The fourth-order valence-electron chi connectivity index (χ4n) is 0.909. The monoisotopic (exact) mass is 211 g/mol. The molecule has 0 radical (unpaired) electrons. The van der Waals surface area contributed by atoms with Gasteiger partial charge in [0, 0.05) is 0 Å². The molecule has 80 valence electrons. The van der Waals surface area contributed by atoms with Crippen LogP contribution >= 0.6 is 0 Å². The van der Waals surface area contributed by atoms with Crippen molar-refractivity contribution in [2.24, 2.45) is 5.73 Å². The molecule has 0 saturated heterocycles. The molecule has 0 heterocycles. The van der Waals surface area contributed by atoms with Gasteiger partial charge in [-0.15, -0.1) is 0 Å². The number of hydrogen-bond donors (Lipinski definition) is 1. The summed E-state index contributed by atoms with van der Waals surface area (Å²) in [5.41, 5.74) is 4.67. The Balaban J connectivity index is 2.78. The summed E-state index contributed by atoms with van der Waals surface area (Å²) in [6, 6.07) is 5.34. The van der Waals surface area contributed by atoms with Gasteiger partial charge in [-0.05, 0) is 19.1 Å². The summed E-state index contributed by atoms with van der Waals surface area (Å²) in [5, 5.41) is 0. The molecule has 1 atom stereocenters. The molecule has 0 fully saturated rings. The standard InChI is InChI=1S/C10H10FNO3/c1-6(9(12)13)15-10(14)7-4-2-3-5-8(7)11/h2-6H,1H3,(H2,12,13)/t6-/m1/s1. The second kappa shape index (κ2) is 4.54. The minimum Gasteiger partial charge on any atom is -0.449 e. The summed E-state index contributed by atoms with van der Waals surface area (Å²) in [6.07, 6.45) is -1.07. The number of ether oxygens (including phenoxy) is 1. The lowest BCUT2D eigenvalue weighted by Crippen LogP contribution is -2.30. The molecule has 0 spiro atoms. The Kier molecular flexibility index (Phi) is 3.38. The Labute approximate surface area is 85.8 Å². The number of carbonyl (C=O) groups excluding carboxylic acids is 2. The number of amides is 1. The van der Waals surface area contributed by atoms with E-state index in [4.69, 9.17) is 5.73 Å². The zero-order valence-electron chi connectivity index (χ0n) is 8.07. The van der Waals surface area contributed by atoms with Crippen molar-refractivity contribution in [1.29, 1.82) is 0 Å². The Morgan fingerprint density at radius 2 is 2.00 bits per heavy atom. The highest BCUT2D eigenvalue weighted by Gasteiger charge is 2.18. The first-order valence-corrected chi connectivity index (χ1v) is 4.27. The van der Waals surface area contributed by atoms with Crippen LogP contribution in [0.4, 0.5) is 4.39 Å². The van der Waals surface area contributed by atoms with Crippen LogP contribution in [0.25, 0.3) is 0 Å². The topological polar surface area (TPSA) is 69.4 Å². The van der Waals surface area contributed by atoms with Gasteiger partial charge in [0.05, 0.1) is 5.56 Å². The first kappa shape index (κ1) is 11.2. The molecule has 1 aromatic carbocycles. The third-order valence-electron chi connectivity index (χ3n) is 1.78. The van der Waals surface area contributed by atoms with Crippen LogP contribution in [0.5, 0.6) is 0 Å². The number of nitrogens with two attached hydrogens (primary N) is 1. The highest BCUT2D eigenvalue weighted by Crippen LogP contribution is 2.09. The normalized spacial score (nSPS) is 11.9. The van der Waals surface area contributed by atoms with E-state index in [-0.39, 0.29) is 5.56 Å². The van der Waals surface area contributed by atoms with Gasteiger partial charge in [-0.1, -0.05) is 12.1 Å². The molecule has 2 N–H and O–H groups in total. The van der Waals surface area contributed by atoms with Gasteiger partial charge in [0.2, 0.25) is 0 Å². The van der Waals surface area contributed by atoms with Crippen molar-refractivity contribution in [1.82, 2.24) is 0 Å². The first-order valence-electron chi connectivity index (χ1n) is 4.27. The second-order valence-electron chi connectivity index (χ2n) is 2.93. The quantitative estimate of drug-likeness (QED) is 0.754. The van der Waals surface area contributed by atoms with Crippen molar-refractivity contribution in [3.8, 4) is 0 Å². The van der Waals surface area contributed by atoms with Crippen LogP contribution < -0.4 is 5.73 Å². The fraction of sp³-hybridized carbons (Fsp3) is 0.200. The fourth-order valence-corrected chi connectivity index (χ4v) is 0.909. The number of carbonyl (C=O) groups is 2. The minimum absolute atomic E-state index is 0.217.